The van der Waals surface area contributed by atoms with E-state index in [2.05, 4.69) is 217 Å². The Hall–Kier alpha value is -7.42. The van der Waals surface area contributed by atoms with E-state index in [1.54, 1.807) is 0 Å². The van der Waals surface area contributed by atoms with Crippen molar-refractivity contribution in [2.45, 2.75) is 0 Å². The molecule has 10 aromatic rings. The van der Waals surface area contributed by atoms with E-state index in [0.29, 0.717) is 0 Å². The number of hydrogen-bond donors (Lipinski definition) is 0. The van der Waals surface area contributed by atoms with Crippen LogP contribution in [0.1, 0.15) is 0 Å². The highest BCUT2D eigenvalue weighted by atomic mass is 16.3. The lowest BCUT2D eigenvalue weighted by Gasteiger charge is -2.26. The molecule has 1 heterocycles. The molecule has 264 valence electrons. The summed E-state index contributed by atoms with van der Waals surface area (Å²) in [7, 11) is 0. The fraction of sp³-hybridized carbons (Fsp3) is 0. The van der Waals surface area contributed by atoms with Gasteiger partial charge in [0.2, 0.25) is 0 Å². The monoisotopic (exact) mass is 715 g/mol. The molecule has 0 fully saturated rings. The topological polar surface area (TPSA) is 16.4 Å². The molecule has 0 bridgehead atoms. The number of hydrogen-bond acceptors (Lipinski definition) is 2. The number of furan rings is 1. The number of rotatable bonds is 8. The van der Waals surface area contributed by atoms with E-state index < -0.39 is 0 Å². The van der Waals surface area contributed by atoms with Crippen molar-refractivity contribution in [1.82, 2.24) is 0 Å². The molecule has 0 aliphatic heterocycles. The van der Waals surface area contributed by atoms with Gasteiger partial charge in [0, 0.05) is 33.9 Å². The van der Waals surface area contributed by atoms with Crippen LogP contribution in [-0.4, -0.2) is 0 Å². The lowest BCUT2D eigenvalue weighted by atomic mass is 9.97. The Labute approximate surface area is 327 Å². The number of fused-ring (bicyclic) bond motifs is 3. The second-order valence-corrected chi connectivity index (χ2v) is 14.2. The summed E-state index contributed by atoms with van der Waals surface area (Å²) in [6, 6.07) is 80.0. The molecular weight excluding hydrogens is 679 g/mol. The lowest BCUT2D eigenvalue weighted by Crippen LogP contribution is -2.09. The average molecular weight is 716 g/mol. The SMILES string of the molecule is c1ccc(-c2cccc(-c3ccc(-c4ccc(N(c5ccc(-c6cccc(-c7ccccc7)c6)cc5)c5ccc6c(c5)oc5ccccc56)cc4)cc3)c2)cc1. The molecule has 10 rings (SSSR count). The average Bonchev–Trinajstić information content (AvgIpc) is 3.66. The first-order valence-corrected chi connectivity index (χ1v) is 19.1. The maximum atomic E-state index is 6.36. The molecule has 0 N–H and O–H groups in total. The van der Waals surface area contributed by atoms with Gasteiger partial charge in [-0.3, -0.25) is 0 Å². The van der Waals surface area contributed by atoms with E-state index in [9.17, 15) is 0 Å². The van der Waals surface area contributed by atoms with Crippen molar-refractivity contribution >= 4 is 39.0 Å². The van der Waals surface area contributed by atoms with Crippen molar-refractivity contribution in [3.63, 3.8) is 0 Å². The molecule has 0 saturated carbocycles. The van der Waals surface area contributed by atoms with Gasteiger partial charge in [0.25, 0.3) is 0 Å². The maximum Gasteiger partial charge on any atom is 0.137 e. The highest BCUT2D eigenvalue weighted by Crippen LogP contribution is 2.40. The minimum Gasteiger partial charge on any atom is -0.456 e. The van der Waals surface area contributed by atoms with Crippen molar-refractivity contribution in [2.24, 2.45) is 0 Å². The summed E-state index contributed by atoms with van der Waals surface area (Å²) in [5, 5.41) is 2.24. The summed E-state index contributed by atoms with van der Waals surface area (Å²) in [6.07, 6.45) is 0. The minimum absolute atomic E-state index is 0.870. The number of benzene rings is 9. The minimum atomic E-state index is 0.870. The Balaban J connectivity index is 0.980. The van der Waals surface area contributed by atoms with Crippen LogP contribution in [0.2, 0.25) is 0 Å². The summed E-state index contributed by atoms with van der Waals surface area (Å²) < 4.78 is 6.36. The van der Waals surface area contributed by atoms with Gasteiger partial charge in [0.1, 0.15) is 11.2 Å². The highest BCUT2D eigenvalue weighted by Gasteiger charge is 2.16. The molecule has 0 spiro atoms. The highest BCUT2D eigenvalue weighted by molar-refractivity contribution is 6.06. The predicted molar refractivity (Wildman–Crippen MR) is 236 cm³/mol. The van der Waals surface area contributed by atoms with E-state index in [1.807, 2.05) is 12.1 Å². The molecule has 0 radical (unpaired) electrons. The second-order valence-electron chi connectivity index (χ2n) is 14.2. The summed E-state index contributed by atoms with van der Waals surface area (Å²) in [5.74, 6) is 0. The van der Waals surface area contributed by atoms with E-state index in [4.69, 9.17) is 4.42 Å². The molecule has 9 aromatic carbocycles. The van der Waals surface area contributed by atoms with Crippen LogP contribution in [0.15, 0.2) is 229 Å². The molecule has 0 saturated heterocycles. The Bertz CT molecular complexity index is 2930. The van der Waals surface area contributed by atoms with Gasteiger partial charge >= 0.3 is 0 Å². The summed E-state index contributed by atoms with van der Waals surface area (Å²) in [6.45, 7) is 0. The zero-order valence-electron chi connectivity index (χ0n) is 30.7. The van der Waals surface area contributed by atoms with Gasteiger partial charge in [-0.25, -0.2) is 0 Å². The van der Waals surface area contributed by atoms with Crippen molar-refractivity contribution in [3.8, 4) is 55.6 Å². The first-order chi connectivity index (χ1) is 27.7. The van der Waals surface area contributed by atoms with Crippen LogP contribution in [-0.2, 0) is 0 Å². The predicted octanol–water partition coefficient (Wildman–Crippen LogP) is 15.4. The lowest BCUT2D eigenvalue weighted by molar-refractivity contribution is 0.669. The molecule has 0 amide bonds. The smallest absolute Gasteiger partial charge is 0.137 e. The van der Waals surface area contributed by atoms with Crippen LogP contribution >= 0.6 is 0 Å². The van der Waals surface area contributed by atoms with Gasteiger partial charge in [-0.05, 0) is 110 Å². The Kier molecular flexibility index (Phi) is 8.55. The van der Waals surface area contributed by atoms with Crippen molar-refractivity contribution in [3.05, 3.63) is 224 Å². The molecule has 0 atom stereocenters. The van der Waals surface area contributed by atoms with Crippen LogP contribution in [0.5, 0.6) is 0 Å². The van der Waals surface area contributed by atoms with E-state index in [-0.39, 0.29) is 0 Å². The molecule has 2 nitrogen and oxygen atoms in total. The van der Waals surface area contributed by atoms with Crippen LogP contribution < -0.4 is 4.90 Å². The number of para-hydroxylation sites is 1. The van der Waals surface area contributed by atoms with Gasteiger partial charge in [0.15, 0.2) is 0 Å². The summed E-state index contributed by atoms with van der Waals surface area (Å²) in [4.78, 5) is 2.31. The first kappa shape index (κ1) is 33.2. The Morgan fingerprint density at radius 1 is 0.232 bits per heavy atom. The second kappa shape index (κ2) is 14.4. The van der Waals surface area contributed by atoms with E-state index in [0.717, 1.165) is 39.0 Å². The van der Waals surface area contributed by atoms with Crippen LogP contribution in [0, 0.1) is 0 Å². The third-order valence-electron chi connectivity index (χ3n) is 10.7. The third-order valence-corrected chi connectivity index (χ3v) is 10.7. The number of nitrogens with zero attached hydrogens (tertiary/aromatic N) is 1. The molecule has 0 unspecified atom stereocenters. The fourth-order valence-corrected chi connectivity index (χ4v) is 7.78. The zero-order chi connectivity index (χ0) is 37.3. The van der Waals surface area contributed by atoms with Gasteiger partial charge < -0.3 is 9.32 Å². The van der Waals surface area contributed by atoms with Gasteiger partial charge in [-0.15, -0.1) is 0 Å². The summed E-state index contributed by atoms with van der Waals surface area (Å²) in [5.41, 5.74) is 16.9. The van der Waals surface area contributed by atoms with E-state index in [1.165, 1.54) is 55.6 Å². The quantitative estimate of drug-likeness (QED) is 0.156. The van der Waals surface area contributed by atoms with Crippen molar-refractivity contribution in [2.75, 3.05) is 4.90 Å². The maximum absolute atomic E-state index is 6.36. The molecule has 0 aliphatic carbocycles. The summed E-state index contributed by atoms with van der Waals surface area (Å²) >= 11 is 0. The molecular formula is C54H37NO. The Morgan fingerprint density at radius 2 is 0.589 bits per heavy atom. The van der Waals surface area contributed by atoms with Gasteiger partial charge in [-0.1, -0.05) is 164 Å². The molecule has 56 heavy (non-hydrogen) atoms. The van der Waals surface area contributed by atoms with Gasteiger partial charge in [0.05, 0.1) is 0 Å². The Morgan fingerprint density at radius 3 is 1.09 bits per heavy atom. The molecule has 0 aliphatic rings. The molecule has 1 aromatic heterocycles. The van der Waals surface area contributed by atoms with E-state index >= 15 is 0 Å². The van der Waals surface area contributed by atoms with Gasteiger partial charge in [-0.2, -0.15) is 0 Å². The fourth-order valence-electron chi connectivity index (χ4n) is 7.78. The normalized spacial score (nSPS) is 11.2. The standard InChI is InChI=1S/C54H37NO/c1-3-11-38(12-4-1)44-15-9-17-46(35-44)42-23-21-40(22-24-42)41-25-29-48(30-26-41)55(50-33-34-52-51-19-7-8-20-53(51)56-54(52)37-50)49-31-27-43(28-32-49)47-18-10-16-45(36-47)39-13-5-2-6-14-39/h1-37H. The van der Waals surface area contributed by atoms with Crippen LogP contribution in [0.25, 0.3) is 77.6 Å². The van der Waals surface area contributed by atoms with Crippen molar-refractivity contribution in [1.29, 1.82) is 0 Å². The zero-order valence-corrected chi connectivity index (χ0v) is 30.7. The third kappa shape index (κ3) is 6.44. The molecule has 2 heteroatoms. The number of anilines is 3. The first-order valence-electron chi connectivity index (χ1n) is 19.1. The van der Waals surface area contributed by atoms with Crippen LogP contribution in [0.4, 0.5) is 17.1 Å². The van der Waals surface area contributed by atoms with Crippen molar-refractivity contribution < 1.29 is 4.42 Å². The largest absolute Gasteiger partial charge is 0.456 e. The van der Waals surface area contributed by atoms with Crippen LogP contribution in [0.3, 0.4) is 0 Å².